The van der Waals surface area contributed by atoms with Crippen molar-refractivity contribution in [2.75, 3.05) is 5.88 Å². The Morgan fingerprint density at radius 3 is 2.47 bits per heavy atom. The molecule has 0 fully saturated rings. The second kappa shape index (κ2) is 5.08. The second-order valence-corrected chi connectivity index (χ2v) is 5.32. The number of nitrogens with one attached hydrogen (secondary N) is 1. The standard InChI is InChI=1S/C12H20ClN3O/c1-8-10(9(2)16(5)15-8)11(17)14-12(3,4)6-7-13/h6-7H2,1-5H3,(H,14,17). The second-order valence-electron chi connectivity index (χ2n) is 4.95. The summed E-state index contributed by atoms with van der Waals surface area (Å²) in [5.74, 6) is 0.446. The van der Waals surface area contributed by atoms with Crippen LogP contribution in [0.15, 0.2) is 0 Å². The summed E-state index contributed by atoms with van der Waals surface area (Å²) in [6, 6.07) is 0. The molecular formula is C12H20ClN3O. The zero-order chi connectivity index (χ0) is 13.2. The summed E-state index contributed by atoms with van der Waals surface area (Å²) in [4.78, 5) is 12.2. The molecule has 1 heterocycles. The predicted molar refractivity (Wildman–Crippen MR) is 69.6 cm³/mol. The fourth-order valence-corrected chi connectivity index (χ4v) is 2.24. The molecule has 0 aliphatic carbocycles. The molecule has 0 unspecified atom stereocenters. The van der Waals surface area contributed by atoms with E-state index in [0.29, 0.717) is 11.4 Å². The highest BCUT2D eigenvalue weighted by molar-refractivity contribution is 6.17. The molecule has 1 N–H and O–H groups in total. The van der Waals surface area contributed by atoms with Gasteiger partial charge in [-0.25, -0.2) is 0 Å². The summed E-state index contributed by atoms with van der Waals surface area (Å²) in [6.07, 6.45) is 0.735. The van der Waals surface area contributed by atoms with Crippen LogP contribution in [0.25, 0.3) is 0 Å². The highest BCUT2D eigenvalue weighted by Crippen LogP contribution is 2.15. The molecule has 1 rings (SSSR count). The van der Waals surface area contributed by atoms with Crippen LogP contribution in [0.1, 0.15) is 42.0 Å². The van der Waals surface area contributed by atoms with E-state index in [9.17, 15) is 4.79 Å². The van der Waals surface area contributed by atoms with Crippen molar-refractivity contribution in [2.45, 2.75) is 39.7 Å². The number of hydrogen-bond donors (Lipinski definition) is 1. The summed E-state index contributed by atoms with van der Waals surface area (Å²) in [6.45, 7) is 7.67. The zero-order valence-corrected chi connectivity index (χ0v) is 11.9. The van der Waals surface area contributed by atoms with Gasteiger partial charge in [-0.15, -0.1) is 11.6 Å². The van der Waals surface area contributed by atoms with Crippen molar-refractivity contribution in [3.8, 4) is 0 Å². The van der Waals surface area contributed by atoms with Crippen molar-refractivity contribution in [1.82, 2.24) is 15.1 Å². The molecule has 0 spiro atoms. The zero-order valence-electron chi connectivity index (χ0n) is 11.1. The molecule has 0 bridgehead atoms. The summed E-state index contributed by atoms with van der Waals surface area (Å²) < 4.78 is 1.72. The molecule has 0 saturated heterocycles. The number of alkyl halides is 1. The monoisotopic (exact) mass is 257 g/mol. The lowest BCUT2D eigenvalue weighted by Crippen LogP contribution is -2.44. The number of amides is 1. The van der Waals surface area contributed by atoms with E-state index < -0.39 is 0 Å². The molecule has 17 heavy (non-hydrogen) atoms. The number of carbonyl (C=O) groups excluding carboxylic acids is 1. The minimum Gasteiger partial charge on any atom is -0.347 e. The molecule has 1 aromatic rings. The summed E-state index contributed by atoms with van der Waals surface area (Å²) >= 11 is 5.71. The van der Waals surface area contributed by atoms with E-state index in [0.717, 1.165) is 17.8 Å². The molecule has 96 valence electrons. The third kappa shape index (κ3) is 3.22. The van der Waals surface area contributed by atoms with Crippen LogP contribution in [0, 0.1) is 13.8 Å². The van der Waals surface area contributed by atoms with Crippen molar-refractivity contribution >= 4 is 17.5 Å². The Labute approximate surface area is 107 Å². The Balaban J connectivity index is 2.91. The average Bonchev–Trinajstić information content (AvgIpc) is 2.39. The molecule has 1 amide bonds. The van der Waals surface area contributed by atoms with Gasteiger partial charge in [0.15, 0.2) is 0 Å². The predicted octanol–water partition coefficient (Wildman–Crippen LogP) is 2.17. The smallest absolute Gasteiger partial charge is 0.255 e. The van der Waals surface area contributed by atoms with E-state index in [2.05, 4.69) is 10.4 Å². The quantitative estimate of drug-likeness (QED) is 0.841. The molecule has 0 aliphatic heterocycles. The number of nitrogens with zero attached hydrogens (tertiary/aromatic N) is 2. The Morgan fingerprint density at radius 1 is 1.47 bits per heavy atom. The van der Waals surface area contributed by atoms with Crippen molar-refractivity contribution in [1.29, 1.82) is 0 Å². The Morgan fingerprint density at radius 2 is 2.06 bits per heavy atom. The summed E-state index contributed by atoms with van der Waals surface area (Å²) in [5, 5.41) is 7.23. The van der Waals surface area contributed by atoms with Crippen LogP contribution in [0.4, 0.5) is 0 Å². The average molecular weight is 258 g/mol. The molecule has 1 aromatic heterocycles. The van der Waals surface area contributed by atoms with Gasteiger partial charge in [0.1, 0.15) is 0 Å². The van der Waals surface area contributed by atoms with Crippen molar-refractivity contribution in [2.24, 2.45) is 7.05 Å². The van der Waals surface area contributed by atoms with Crippen molar-refractivity contribution < 1.29 is 4.79 Å². The van der Waals surface area contributed by atoms with Crippen LogP contribution in [-0.4, -0.2) is 27.1 Å². The summed E-state index contributed by atoms with van der Waals surface area (Å²) in [7, 11) is 1.84. The van der Waals surface area contributed by atoms with Crippen LogP contribution >= 0.6 is 11.6 Å². The van der Waals surface area contributed by atoms with Gasteiger partial charge in [0.05, 0.1) is 11.3 Å². The van der Waals surface area contributed by atoms with Gasteiger partial charge in [-0.1, -0.05) is 0 Å². The third-order valence-electron chi connectivity index (χ3n) is 2.91. The van der Waals surface area contributed by atoms with E-state index in [-0.39, 0.29) is 11.4 Å². The fourth-order valence-electron chi connectivity index (χ4n) is 1.77. The van der Waals surface area contributed by atoms with Gasteiger partial charge in [0.25, 0.3) is 5.91 Å². The maximum Gasteiger partial charge on any atom is 0.255 e. The number of aromatic nitrogens is 2. The lowest BCUT2D eigenvalue weighted by atomic mass is 10.0. The molecule has 4 nitrogen and oxygen atoms in total. The first-order valence-corrected chi connectivity index (χ1v) is 6.20. The minimum atomic E-state index is -0.298. The lowest BCUT2D eigenvalue weighted by molar-refractivity contribution is 0.0910. The highest BCUT2D eigenvalue weighted by atomic mass is 35.5. The molecular weight excluding hydrogens is 238 g/mol. The topological polar surface area (TPSA) is 46.9 Å². The molecule has 0 aliphatic rings. The first-order chi connectivity index (χ1) is 7.78. The van der Waals surface area contributed by atoms with Gasteiger partial charge < -0.3 is 5.32 Å². The van der Waals surface area contributed by atoms with Crippen molar-refractivity contribution in [3.05, 3.63) is 17.0 Å². The van der Waals surface area contributed by atoms with Gasteiger partial charge >= 0.3 is 0 Å². The molecule has 0 aromatic carbocycles. The van der Waals surface area contributed by atoms with Crippen molar-refractivity contribution in [3.63, 3.8) is 0 Å². The number of hydrogen-bond acceptors (Lipinski definition) is 2. The van der Waals surface area contributed by atoms with Crippen LogP contribution in [0.2, 0.25) is 0 Å². The van der Waals surface area contributed by atoms with Crippen LogP contribution in [0.5, 0.6) is 0 Å². The first kappa shape index (κ1) is 14.0. The van der Waals surface area contributed by atoms with E-state index in [4.69, 9.17) is 11.6 Å². The first-order valence-electron chi connectivity index (χ1n) is 5.67. The number of rotatable bonds is 4. The van der Waals surface area contributed by atoms with Gasteiger partial charge in [0, 0.05) is 24.2 Å². The number of halogens is 1. The lowest BCUT2D eigenvalue weighted by Gasteiger charge is -2.25. The highest BCUT2D eigenvalue weighted by Gasteiger charge is 2.24. The van der Waals surface area contributed by atoms with E-state index in [1.807, 2.05) is 34.7 Å². The minimum absolute atomic E-state index is 0.0804. The Kier molecular flexibility index (Phi) is 4.20. The van der Waals surface area contributed by atoms with E-state index in [1.165, 1.54) is 0 Å². The molecule has 0 radical (unpaired) electrons. The number of aryl methyl sites for hydroxylation is 2. The van der Waals surface area contributed by atoms with Gasteiger partial charge in [-0.3, -0.25) is 9.48 Å². The molecule has 5 heteroatoms. The maximum atomic E-state index is 12.2. The molecule has 0 atom stereocenters. The van der Waals surface area contributed by atoms with Crippen LogP contribution < -0.4 is 5.32 Å². The summed E-state index contributed by atoms with van der Waals surface area (Å²) in [5.41, 5.74) is 1.99. The maximum absolute atomic E-state index is 12.2. The van der Waals surface area contributed by atoms with Gasteiger partial charge in [-0.2, -0.15) is 5.10 Å². The van der Waals surface area contributed by atoms with Crippen LogP contribution in [-0.2, 0) is 7.05 Å². The normalized spacial score (nSPS) is 11.6. The van der Waals surface area contributed by atoms with Gasteiger partial charge in [0.2, 0.25) is 0 Å². The largest absolute Gasteiger partial charge is 0.347 e. The number of carbonyl (C=O) groups is 1. The Bertz CT molecular complexity index is 424. The van der Waals surface area contributed by atoms with E-state index in [1.54, 1.807) is 4.68 Å². The van der Waals surface area contributed by atoms with E-state index >= 15 is 0 Å². The van der Waals surface area contributed by atoms with Crippen LogP contribution in [0.3, 0.4) is 0 Å². The van der Waals surface area contributed by atoms with Gasteiger partial charge in [-0.05, 0) is 34.1 Å². The molecule has 0 saturated carbocycles. The third-order valence-corrected chi connectivity index (χ3v) is 3.10. The fraction of sp³-hybridized carbons (Fsp3) is 0.667. The Hall–Kier alpha value is -1.03. The SMILES string of the molecule is Cc1nn(C)c(C)c1C(=O)NC(C)(C)CCCl.